The van der Waals surface area contributed by atoms with E-state index in [0.29, 0.717) is 30.4 Å². The Labute approximate surface area is 151 Å². The third kappa shape index (κ3) is 3.68. The van der Waals surface area contributed by atoms with Crippen molar-refractivity contribution in [3.63, 3.8) is 0 Å². The van der Waals surface area contributed by atoms with Gasteiger partial charge in [-0.1, -0.05) is 13.0 Å². The minimum absolute atomic E-state index is 0.0669. The number of piperidine rings is 1. The van der Waals surface area contributed by atoms with Crippen molar-refractivity contribution in [3.8, 4) is 0 Å². The van der Waals surface area contributed by atoms with Crippen LogP contribution < -0.4 is 5.32 Å². The van der Waals surface area contributed by atoms with Gasteiger partial charge in [0.2, 0.25) is 15.9 Å². The first kappa shape index (κ1) is 18.2. The number of fused-ring (bicyclic) bond motifs is 1. The van der Waals surface area contributed by atoms with Gasteiger partial charge in [-0.3, -0.25) is 4.79 Å². The molecule has 1 aliphatic rings. The number of hydrogen-bond acceptors (Lipinski definition) is 6. The molecule has 1 aromatic carbocycles. The highest BCUT2D eigenvalue weighted by atomic mass is 32.2. The van der Waals surface area contributed by atoms with Crippen molar-refractivity contribution in [1.29, 1.82) is 0 Å². The second kappa shape index (κ2) is 7.35. The van der Waals surface area contributed by atoms with Crippen LogP contribution in [-0.4, -0.2) is 46.5 Å². The van der Waals surface area contributed by atoms with E-state index in [1.165, 1.54) is 4.31 Å². The SMILES string of the molecule is CC[C@H](C)NC(=O)[C@H]1CCCN(S(=O)(=O)c2cccc3nsnc23)C1. The van der Waals surface area contributed by atoms with Crippen LogP contribution >= 0.6 is 11.7 Å². The summed E-state index contributed by atoms with van der Waals surface area (Å²) < 4.78 is 35.8. The molecule has 1 fully saturated rings. The summed E-state index contributed by atoms with van der Waals surface area (Å²) in [5.41, 5.74) is 0.979. The van der Waals surface area contributed by atoms with Crippen LogP contribution in [-0.2, 0) is 14.8 Å². The van der Waals surface area contributed by atoms with Gasteiger partial charge in [-0.15, -0.1) is 0 Å². The summed E-state index contributed by atoms with van der Waals surface area (Å²) in [6.45, 7) is 4.58. The highest BCUT2D eigenvalue weighted by molar-refractivity contribution is 7.89. The Bertz CT molecular complexity index is 865. The van der Waals surface area contributed by atoms with Gasteiger partial charge in [-0.25, -0.2) is 8.42 Å². The van der Waals surface area contributed by atoms with Crippen LogP contribution in [0.25, 0.3) is 11.0 Å². The summed E-state index contributed by atoms with van der Waals surface area (Å²) >= 11 is 0.997. The van der Waals surface area contributed by atoms with E-state index in [-0.39, 0.29) is 29.3 Å². The standard InChI is InChI=1S/C16H22N4O3S2/c1-3-11(2)17-16(21)12-6-5-9-20(10-12)25(22,23)14-8-4-7-13-15(14)19-24-18-13/h4,7-8,11-12H,3,5-6,9-10H2,1-2H3,(H,17,21)/t11-,12-/m0/s1. The molecule has 0 aliphatic carbocycles. The molecule has 7 nitrogen and oxygen atoms in total. The maximum absolute atomic E-state index is 13.1. The molecule has 0 unspecified atom stereocenters. The Morgan fingerprint density at radius 2 is 2.24 bits per heavy atom. The molecule has 0 radical (unpaired) electrons. The Morgan fingerprint density at radius 1 is 1.44 bits per heavy atom. The maximum Gasteiger partial charge on any atom is 0.245 e. The molecule has 2 aromatic rings. The van der Waals surface area contributed by atoms with Crippen molar-refractivity contribution in [2.45, 2.75) is 44.0 Å². The van der Waals surface area contributed by atoms with Gasteiger partial charge in [-0.05, 0) is 38.3 Å². The number of carbonyl (C=O) groups excluding carboxylic acids is 1. The highest BCUT2D eigenvalue weighted by Gasteiger charge is 2.34. The minimum Gasteiger partial charge on any atom is -0.353 e. The minimum atomic E-state index is -3.70. The number of benzene rings is 1. The zero-order valence-electron chi connectivity index (χ0n) is 14.3. The quantitative estimate of drug-likeness (QED) is 0.854. The van der Waals surface area contributed by atoms with Gasteiger partial charge in [0, 0.05) is 19.1 Å². The van der Waals surface area contributed by atoms with Crippen LogP contribution in [0.1, 0.15) is 33.1 Å². The van der Waals surface area contributed by atoms with Gasteiger partial charge in [0.15, 0.2) is 0 Å². The van der Waals surface area contributed by atoms with Crippen molar-refractivity contribution >= 4 is 38.7 Å². The van der Waals surface area contributed by atoms with Gasteiger partial charge in [0.05, 0.1) is 17.6 Å². The van der Waals surface area contributed by atoms with E-state index in [4.69, 9.17) is 0 Å². The lowest BCUT2D eigenvalue weighted by Crippen LogP contribution is -2.47. The number of amides is 1. The summed E-state index contributed by atoms with van der Waals surface area (Å²) in [6.07, 6.45) is 2.22. The Balaban J connectivity index is 1.83. The van der Waals surface area contributed by atoms with Gasteiger partial charge >= 0.3 is 0 Å². The molecule has 0 saturated carbocycles. The summed E-state index contributed by atoms with van der Waals surface area (Å²) in [5, 5.41) is 2.96. The normalized spacial score (nSPS) is 20.5. The molecular weight excluding hydrogens is 360 g/mol. The van der Waals surface area contributed by atoms with Crippen LogP contribution in [0.3, 0.4) is 0 Å². The molecule has 1 aromatic heterocycles. The Morgan fingerprint density at radius 3 is 3.00 bits per heavy atom. The maximum atomic E-state index is 13.1. The molecule has 0 spiro atoms. The molecular formula is C16H22N4O3S2. The summed E-state index contributed by atoms with van der Waals surface area (Å²) in [5.74, 6) is -0.381. The molecule has 25 heavy (non-hydrogen) atoms. The van der Waals surface area contributed by atoms with Gasteiger partial charge in [0.25, 0.3) is 0 Å². The smallest absolute Gasteiger partial charge is 0.245 e. The van der Waals surface area contributed by atoms with Crippen LogP contribution in [0.5, 0.6) is 0 Å². The van der Waals surface area contributed by atoms with Crippen molar-refractivity contribution in [3.05, 3.63) is 18.2 Å². The Hall–Kier alpha value is -1.58. The third-order valence-electron chi connectivity index (χ3n) is 4.62. The molecule has 136 valence electrons. The molecule has 1 N–H and O–H groups in total. The van der Waals surface area contributed by atoms with Crippen LogP contribution in [0.15, 0.2) is 23.1 Å². The number of nitrogens with zero attached hydrogens (tertiary/aromatic N) is 3. The number of carbonyl (C=O) groups is 1. The molecule has 1 saturated heterocycles. The average Bonchev–Trinajstić information content (AvgIpc) is 3.10. The number of sulfonamides is 1. The molecule has 1 amide bonds. The van der Waals surface area contributed by atoms with E-state index < -0.39 is 10.0 Å². The van der Waals surface area contributed by atoms with Crippen molar-refractivity contribution in [1.82, 2.24) is 18.4 Å². The zero-order valence-corrected chi connectivity index (χ0v) is 15.9. The van der Waals surface area contributed by atoms with Gasteiger partial charge < -0.3 is 5.32 Å². The van der Waals surface area contributed by atoms with Crippen LogP contribution in [0.2, 0.25) is 0 Å². The average molecular weight is 383 g/mol. The van der Waals surface area contributed by atoms with E-state index in [1.807, 2.05) is 13.8 Å². The number of nitrogens with one attached hydrogen (secondary N) is 1. The predicted octanol–water partition coefficient (Wildman–Crippen LogP) is 2.01. The molecule has 2 heterocycles. The van der Waals surface area contributed by atoms with Gasteiger partial charge in [-0.2, -0.15) is 13.1 Å². The lowest BCUT2D eigenvalue weighted by Gasteiger charge is -2.31. The first-order valence-corrected chi connectivity index (χ1v) is 10.6. The number of rotatable bonds is 5. The molecule has 1 aliphatic heterocycles. The molecule has 0 bridgehead atoms. The lowest BCUT2D eigenvalue weighted by atomic mass is 9.98. The van der Waals surface area contributed by atoms with Gasteiger partial charge in [0.1, 0.15) is 15.9 Å². The summed E-state index contributed by atoms with van der Waals surface area (Å²) in [4.78, 5) is 12.6. The van der Waals surface area contributed by atoms with Crippen molar-refractivity contribution in [2.24, 2.45) is 5.92 Å². The largest absolute Gasteiger partial charge is 0.353 e. The monoisotopic (exact) mass is 382 g/mol. The highest BCUT2D eigenvalue weighted by Crippen LogP contribution is 2.28. The van der Waals surface area contributed by atoms with E-state index in [9.17, 15) is 13.2 Å². The van der Waals surface area contributed by atoms with E-state index in [2.05, 4.69) is 14.1 Å². The van der Waals surface area contributed by atoms with E-state index >= 15 is 0 Å². The van der Waals surface area contributed by atoms with E-state index in [1.54, 1.807) is 18.2 Å². The van der Waals surface area contributed by atoms with E-state index in [0.717, 1.165) is 18.1 Å². The van der Waals surface area contributed by atoms with Crippen molar-refractivity contribution in [2.75, 3.05) is 13.1 Å². The second-order valence-electron chi connectivity index (χ2n) is 6.41. The zero-order chi connectivity index (χ0) is 18.0. The predicted molar refractivity (Wildman–Crippen MR) is 96.8 cm³/mol. The third-order valence-corrected chi connectivity index (χ3v) is 7.06. The fourth-order valence-electron chi connectivity index (χ4n) is 2.97. The topological polar surface area (TPSA) is 92.3 Å². The molecule has 3 rings (SSSR count). The number of hydrogen-bond donors (Lipinski definition) is 1. The summed E-state index contributed by atoms with van der Waals surface area (Å²) in [7, 11) is -3.70. The number of aromatic nitrogens is 2. The van der Waals surface area contributed by atoms with Crippen molar-refractivity contribution < 1.29 is 13.2 Å². The Kier molecular flexibility index (Phi) is 5.35. The molecule has 2 atom stereocenters. The van der Waals surface area contributed by atoms with Crippen LogP contribution in [0.4, 0.5) is 0 Å². The first-order valence-electron chi connectivity index (χ1n) is 8.45. The fourth-order valence-corrected chi connectivity index (χ4v) is 5.24. The summed E-state index contributed by atoms with van der Waals surface area (Å²) in [6, 6.07) is 5.07. The molecule has 9 heteroatoms. The second-order valence-corrected chi connectivity index (χ2v) is 8.84. The first-order chi connectivity index (χ1) is 11.9. The lowest BCUT2D eigenvalue weighted by molar-refractivity contribution is -0.126. The van der Waals surface area contributed by atoms with Crippen LogP contribution in [0, 0.1) is 5.92 Å². The fraction of sp³-hybridized carbons (Fsp3) is 0.562.